The molecule has 3 heteroatoms. The van der Waals surface area contributed by atoms with Gasteiger partial charge in [0.25, 0.3) is 0 Å². The van der Waals surface area contributed by atoms with Crippen molar-refractivity contribution in [3.63, 3.8) is 0 Å². The molecule has 0 heterocycles. The fourth-order valence-electron chi connectivity index (χ4n) is 0.975. The molecule has 0 aromatic heterocycles. The monoisotopic (exact) mass is 199 g/mol. The Morgan fingerprint density at radius 2 is 1.45 bits per heavy atom. The third-order valence-electron chi connectivity index (χ3n) is 2.38. The van der Waals surface area contributed by atoms with Crippen molar-refractivity contribution in [2.45, 2.75) is 33.2 Å². The highest BCUT2D eigenvalue weighted by molar-refractivity contribution is 6.18. The van der Waals surface area contributed by atoms with E-state index in [-0.39, 0.29) is 17.9 Å². The van der Waals surface area contributed by atoms with Crippen LogP contribution in [0.3, 0.4) is 0 Å². The molecule has 0 spiro atoms. The van der Waals surface area contributed by atoms with Gasteiger partial charge in [-0.15, -0.1) is 24.0 Å². The largest absolute Gasteiger partial charge is 0.324 e. The summed E-state index contributed by atoms with van der Waals surface area (Å²) in [5.41, 5.74) is 5.86. The zero-order chi connectivity index (χ0) is 8.36. The maximum absolute atomic E-state index is 6.05. The minimum absolute atomic E-state index is 0. The molecular weight excluding hydrogens is 181 g/mol. The first-order valence-corrected chi connectivity index (χ1v) is 4.33. The lowest BCUT2D eigenvalue weighted by Gasteiger charge is -2.35. The molecule has 70 valence electrons. The van der Waals surface area contributed by atoms with Crippen molar-refractivity contribution in [2.75, 3.05) is 5.88 Å². The summed E-state index contributed by atoms with van der Waals surface area (Å²) in [6.07, 6.45) is 0. The predicted octanol–water partition coefficient (Wildman–Crippen LogP) is 2.66. The lowest BCUT2D eigenvalue weighted by atomic mass is 9.80. The van der Waals surface area contributed by atoms with Crippen molar-refractivity contribution in [1.82, 2.24) is 0 Å². The molecule has 0 unspecified atom stereocenters. The SMILES string of the molecule is CC(C)C(N)(CCl)C(C)C.Cl. The Kier molecular flexibility index (Phi) is 6.70. The van der Waals surface area contributed by atoms with Crippen LogP contribution in [0.15, 0.2) is 0 Å². The van der Waals surface area contributed by atoms with Crippen LogP contribution in [0.5, 0.6) is 0 Å². The summed E-state index contributed by atoms with van der Waals surface area (Å²) in [7, 11) is 0. The normalized spacial score (nSPS) is 12.0. The van der Waals surface area contributed by atoms with E-state index in [0.717, 1.165) is 0 Å². The van der Waals surface area contributed by atoms with Gasteiger partial charge in [-0.3, -0.25) is 0 Å². The van der Waals surface area contributed by atoms with Crippen LogP contribution in [0.25, 0.3) is 0 Å². The molecule has 0 saturated heterocycles. The molecule has 0 bridgehead atoms. The van der Waals surface area contributed by atoms with Gasteiger partial charge in [0.05, 0.1) is 0 Å². The van der Waals surface area contributed by atoms with Crippen LogP contribution in [-0.4, -0.2) is 11.4 Å². The first-order valence-electron chi connectivity index (χ1n) is 3.80. The van der Waals surface area contributed by atoms with Gasteiger partial charge in [-0.05, 0) is 11.8 Å². The van der Waals surface area contributed by atoms with Crippen LogP contribution >= 0.6 is 24.0 Å². The number of halogens is 2. The molecule has 1 nitrogen and oxygen atoms in total. The van der Waals surface area contributed by atoms with Crippen LogP contribution in [0.4, 0.5) is 0 Å². The van der Waals surface area contributed by atoms with Crippen molar-refractivity contribution < 1.29 is 0 Å². The summed E-state index contributed by atoms with van der Waals surface area (Å²) >= 11 is 5.77. The van der Waals surface area contributed by atoms with Crippen LogP contribution in [-0.2, 0) is 0 Å². The molecule has 0 aromatic rings. The Morgan fingerprint density at radius 1 is 1.18 bits per heavy atom. The molecule has 0 aliphatic rings. The first-order chi connectivity index (χ1) is 4.45. The lowest BCUT2D eigenvalue weighted by Crippen LogP contribution is -2.51. The minimum Gasteiger partial charge on any atom is -0.324 e. The Labute approximate surface area is 81.1 Å². The van der Waals surface area contributed by atoms with Gasteiger partial charge in [-0.2, -0.15) is 0 Å². The van der Waals surface area contributed by atoms with Gasteiger partial charge in [0.2, 0.25) is 0 Å². The van der Waals surface area contributed by atoms with Crippen molar-refractivity contribution in [3.8, 4) is 0 Å². The molecule has 0 aliphatic heterocycles. The molecule has 0 fully saturated rings. The molecule has 2 N–H and O–H groups in total. The Balaban J connectivity index is 0. The van der Waals surface area contributed by atoms with Crippen LogP contribution in [0.1, 0.15) is 27.7 Å². The number of nitrogens with two attached hydrogens (primary N) is 1. The summed E-state index contributed by atoms with van der Waals surface area (Å²) in [6.45, 7) is 8.45. The van der Waals surface area contributed by atoms with Gasteiger partial charge in [0.1, 0.15) is 0 Å². The molecule has 11 heavy (non-hydrogen) atoms. The Hall–Kier alpha value is 0.540. The van der Waals surface area contributed by atoms with Gasteiger partial charge in [-0.1, -0.05) is 27.7 Å². The minimum atomic E-state index is -0.193. The van der Waals surface area contributed by atoms with E-state index in [1.54, 1.807) is 0 Å². The maximum Gasteiger partial charge on any atom is 0.0409 e. The van der Waals surface area contributed by atoms with Crippen molar-refractivity contribution in [1.29, 1.82) is 0 Å². The van der Waals surface area contributed by atoms with Gasteiger partial charge < -0.3 is 5.73 Å². The molecule has 0 atom stereocenters. The second-order valence-electron chi connectivity index (χ2n) is 3.56. The second-order valence-corrected chi connectivity index (χ2v) is 3.82. The van der Waals surface area contributed by atoms with E-state index >= 15 is 0 Å². The standard InChI is InChI=1S/C8H18ClN.ClH/c1-6(2)8(10,5-9)7(3)4;/h6-7H,5,10H2,1-4H3;1H. The van der Waals surface area contributed by atoms with Crippen LogP contribution in [0, 0.1) is 11.8 Å². The number of hydrogen-bond donors (Lipinski definition) is 1. The second kappa shape index (κ2) is 5.23. The van der Waals surface area contributed by atoms with E-state index in [1.165, 1.54) is 0 Å². The molecule has 0 aromatic carbocycles. The highest BCUT2D eigenvalue weighted by Crippen LogP contribution is 2.24. The Morgan fingerprint density at radius 3 is 1.45 bits per heavy atom. The number of rotatable bonds is 3. The molecule has 0 amide bonds. The lowest BCUT2D eigenvalue weighted by molar-refractivity contribution is 0.254. The van der Waals surface area contributed by atoms with E-state index < -0.39 is 0 Å². The topological polar surface area (TPSA) is 26.0 Å². The zero-order valence-corrected chi connectivity index (χ0v) is 9.30. The number of hydrogen-bond acceptors (Lipinski definition) is 1. The molecule has 0 aliphatic carbocycles. The zero-order valence-electron chi connectivity index (χ0n) is 7.73. The molecule has 0 radical (unpaired) electrons. The average Bonchev–Trinajstić information content (AvgIpc) is 1.85. The van der Waals surface area contributed by atoms with Gasteiger partial charge in [0, 0.05) is 11.4 Å². The van der Waals surface area contributed by atoms with Crippen molar-refractivity contribution in [3.05, 3.63) is 0 Å². The fourth-order valence-corrected chi connectivity index (χ4v) is 1.59. The summed E-state index contributed by atoms with van der Waals surface area (Å²) in [5.74, 6) is 1.44. The van der Waals surface area contributed by atoms with E-state index in [1.807, 2.05) is 0 Å². The molecule has 0 rings (SSSR count). The van der Waals surface area contributed by atoms with Gasteiger partial charge in [0.15, 0.2) is 0 Å². The predicted molar refractivity (Wildman–Crippen MR) is 54.6 cm³/mol. The number of alkyl halides is 1. The highest BCUT2D eigenvalue weighted by atomic mass is 35.5. The molecule has 0 saturated carbocycles. The van der Waals surface area contributed by atoms with Gasteiger partial charge in [-0.25, -0.2) is 0 Å². The summed E-state index contributed by atoms with van der Waals surface area (Å²) in [4.78, 5) is 0. The van der Waals surface area contributed by atoms with E-state index in [2.05, 4.69) is 27.7 Å². The quantitative estimate of drug-likeness (QED) is 0.696. The van der Waals surface area contributed by atoms with Crippen LogP contribution in [0.2, 0.25) is 0 Å². The third-order valence-corrected chi connectivity index (χ3v) is 2.84. The van der Waals surface area contributed by atoms with Gasteiger partial charge >= 0.3 is 0 Å². The smallest absolute Gasteiger partial charge is 0.0409 e. The Bertz CT molecular complexity index is 94.3. The third kappa shape index (κ3) is 3.18. The van der Waals surface area contributed by atoms with E-state index in [0.29, 0.717) is 17.7 Å². The molecular formula is C8H19Cl2N. The summed E-state index contributed by atoms with van der Waals surface area (Å²) in [6, 6.07) is 0. The average molecular weight is 200 g/mol. The van der Waals surface area contributed by atoms with Crippen molar-refractivity contribution in [2.24, 2.45) is 17.6 Å². The fraction of sp³-hybridized carbons (Fsp3) is 1.00. The van der Waals surface area contributed by atoms with E-state index in [9.17, 15) is 0 Å². The first kappa shape index (κ1) is 14.1. The van der Waals surface area contributed by atoms with E-state index in [4.69, 9.17) is 17.3 Å². The summed E-state index contributed by atoms with van der Waals surface area (Å²) in [5, 5.41) is 0. The highest BCUT2D eigenvalue weighted by Gasteiger charge is 2.31. The van der Waals surface area contributed by atoms with Crippen molar-refractivity contribution >= 4 is 24.0 Å². The maximum atomic E-state index is 6.05. The summed E-state index contributed by atoms with van der Waals surface area (Å²) < 4.78 is 0. The van der Waals surface area contributed by atoms with Crippen LogP contribution < -0.4 is 5.73 Å².